The molecule has 0 unspecified atom stereocenters. The zero-order valence-electron chi connectivity index (χ0n) is 12.9. The van der Waals surface area contributed by atoms with Gasteiger partial charge in [0.2, 0.25) is 0 Å². The Morgan fingerprint density at radius 3 is 2.43 bits per heavy atom. The molecule has 0 radical (unpaired) electrons. The predicted octanol–water partition coefficient (Wildman–Crippen LogP) is 2.81. The van der Waals surface area contributed by atoms with Crippen LogP contribution in [0.5, 0.6) is 0 Å². The lowest BCUT2D eigenvalue weighted by molar-refractivity contribution is 0.0954. The van der Waals surface area contributed by atoms with Gasteiger partial charge in [0.05, 0.1) is 12.1 Å². The molecule has 0 aliphatic carbocycles. The highest BCUT2D eigenvalue weighted by atomic mass is 19.1. The second-order valence-electron chi connectivity index (χ2n) is 5.05. The van der Waals surface area contributed by atoms with Gasteiger partial charge in [-0.25, -0.2) is 8.78 Å². The van der Waals surface area contributed by atoms with E-state index in [-0.39, 0.29) is 12.1 Å². The van der Waals surface area contributed by atoms with Crippen LogP contribution in [0.25, 0.3) is 0 Å². The van der Waals surface area contributed by atoms with Crippen LogP contribution in [0.2, 0.25) is 0 Å². The van der Waals surface area contributed by atoms with Crippen molar-refractivity contribution in [2.45, 2.75) is 0 Å². The molecule has 3 nitrogen and oxygen atoms in total. The average Bonchev–Trinajstić information content (AvgIpc) is 2.51. The third kappa shape index (κ3) is 4.55. The van der Waals surface area contributed by atoms with Crippen LogP contribution < -0.4 is 10.2 Å². The molecule has 2 rings (SSSR count). The van der Waals surface area contributed by atoms with Gasteiger partial charge in [-0.15, -0.1) is 0 Å². The summed E-state index contributed by atoms with van der Waals surface area (Å²) in [6.07, 6.45) is 0. The first kappa shape index (κ1) is 16.5. The van der Waals surface area contributed by atoms with E-state index in [1.807, 2.05) is 43.3 Å². The fraction of sp³-hybridized carbons (Fsp3) is 0.167. The predicted molar refractivity (Wildman–Crippen MR) is 86.3 cm³/mol. The van der Waals surface area contributed by atoms with Crippen LogP contribution in [0.4, 0.5) is 14.5 Å². The van der Waals surface area contributed by atoms with E-state index in [2.05, 4.69) is 17.2 Å². The van der Waals surface area contributed by atoms with Gasteiger partial charge in [-0.05, 0) is 36.4 Å². The summed E-state index contributed by atoms with van der Waals surface area (Å²) in [6.45, 7) is 0.0745. The van der Waals surface area contributed by atoms with Gasteiger partial charge in [-0.3, -0.25) is 4.79 Å². The molecule has 5 heteroatoms. The van der Waals surface area contributed by atoms with Crippen molar-refractivity contribution in [3.05, 3.63) is 65.2 Å². The Hall–Kier alpha value is -2.87. The first-order valence-electron chi connectivity index (χ1n) is 6.97. The summed E-state index contributed by atoms with van der Waals surface area (Å²) in [5.74, 6) is 3.45. The summed E-state index contributed by atoms with van der Waals surface area (Å²) in [6, 6.07) is 10.5. The van der Waals surface area contributed by atoms with E-state index in [9.17, 15) is 13.6 Å². The number of amides is 1. The molecule has 0 atom stereocenters. The number of nitrogens with zero attached hydrogens (tertiary/aromatic N) is 1. The Bertz CT molecular complexity index is 759. The topological polar surface area (TPSA) is 32.3 Å². The summed E-state index contributed by atoms with van der Waals surface area (Å²) in [5, 5.41) is 2.48. The highest BCUT2D eigenvalue weighted by molar-refractivity contribution is 5.94. The molecule has 0 saturated carbocycles. The lowest BCUT2D eigenvalue weighted by Gasteiger charge is -2.11. The van der Waals surface area contributed by atoms with Crippen LogP contribution in [0, 0.1) is 23.5 Å². The van der Waals surface area contributed by atoms with Crippen molar-refractivity contribution in [2.24, 2.45) is 0 Å². The molecule has 0 aliphatic heterocycles. The van der Waals surface area contributed by atoms with E-state index < -0.39 is 17.5 Å². The molecule has 0 heterocycles. The molecule has 2 aromatic carbocycles. The van der Waals surface area contributed by atoms with Crippen LogP contribution in [0.3, 0.4) is 0 Å². The number of carbonyl (C=O) groups is 1. The second-order valence-corrected chi connectivity index (χ2v) is 5.05. The van der Waals surface area contributed by atoms with Gasteiger partial charge in [0.15, 0.2) is 0 Å². The van der Waals surface area contributed by atoms with E-state index in [1.165, 1.54) is 0 Å². The SMILES string of the molecule is CN(C)c1ccc(C#CCNC(=O)c2ccc(F)cc2F)cc1. The van der Waals surface area contributed by atoms with Crippen molar-refractivity contribution in [3.8, 4) is 11.8 Å². The number of anilines is 1. The van der Waals surface area contributed by atoms with Crippen LogP contribution in [-0.4, -0.2) is 26.5 Å². The average molecular weight is 314 g/mol. The van der Waals surface area contributed by atoms with Crippen LogP contribution >= 0.6 is 0 Å². The highest BCUT2D eigenvalue weighted by Gasteiger charge is 2.11. The molecule has 1 amide bonds. The summed E-state index contributed by atoms with van der Waals surface area (Å²) < 4.78 is 26.2. The third-order valence-electron chi connectivity index (χ3n) is 3.13. The summed E-state index contributed by atoms with van der Waals surface area (Å²) in [7, 11) is 3.90. The lowest BCUT2D eigenvalue weighted by atomic mass is 10.2. The molecular formula is C18H16F2N2O. The Labute approximate surface area is 133 Å². The zero-order valence-corrected chi connectivity index (χ0v) is 12.9. The first-order valence-corrected chi connectivity index (χ1v) is 6.97. The van der Waals surface area contributed by atoms with Crippen molar-refractivity contribution in [1.82, 2.24) is 5.32 Å². The molecule has 23 heavy (non-hydrogen) atoms. The smallest absolute Gasteiger partial charge is 0.255 e. The second kappa shape index (κ2) is 7.41. The minimum Gasteiger partial charge on any atom is -0.378 e. The summed E-state index contributed by atoms with van der Waals surface area (Å²) in [4.78, 5) is 13.7. The largest absolute Gasteiger partial charge is 0.378 e. The van der Waals surface area contributed by atoms with Crippen LogP contribution in [0.15, 0.2) is 42.5 Å². The number of halogens is 2. The van der Waals surface area contributed by atoms with Gasteiger partial charge >= 0.3 is 0 Å². The monoisotopic (exact) mass is 314 g/mol. The molecule has 0 aromatic heterocycles. The number of hydrogen-bond acceptors (Lipinski definition) is 2. The van der Waals surface area contributed by atoms with E-state index >= 15 is 0 Å². The van der Waals surface area contributed by atoms with Crippen molar-refractivity contribution in [1.29, 1.82) is 0 Å². The maximum atomic E-state index is 13.4. The third-order valence-corrected chi connectivity index (χ3v) is 3.13. The van der Waals surface area contributed by atoms with Crippen molar-refractivity contribution >= 4 is 11.6 Å². The van der Waals surface area contributed by atoms with Crippen LogP contribution in [0.1, 0.15) is 15.9 Å². The van der Waals surface area contributed by atoms with Gasteiger partial charge in [0, 0.05) is 31.4 Å². The number of benzene rings is 2. The number of rotatable bonds is 3. The summed E-state index contributed by atoms with van der Waals surface area (Å²) in [5.41, 5.74) is 1.68. The van der Waals surface area contributed by atoms with Gasteiger partial charge in [-0.1, -0.05) is 11.8 Å². The van der Waals surface area contributed by atoms with Gasteiger partial charge < -0.3 is 10.2 Å². The lowest BCUT2D eigenvalue weighted by Crippen LogP contribution is -2.24. The number of carbonyl (C=O) groups excluding carboxylic acids is 1. The maximum Gasteiger partial charge on any atom is 0.255 e. The Morgan fingerprint density at radius 2 is 1.83 bits per heavy atom. The molecule has 0 saturated heterocycles. The van der Waals surface area contributed by atoms with Gasteiger partial charge in [0.1, 0.15) is 11.6 Å². The first-order chi connectivity index (χ1) is 11.0. The highest BCUT2D eigenvalue weighted by Crippen LogP contribution is 2.11. The summed E-state index contributed by atoms with van der Waals surface area (Å²) >= 11 is 0. The Morgan fingerprint density at radius 1 is 1.13 bits per heavy atom. The molecule has 2 aromatic rings. The Balaban J connectivity index is 1.93. The minimum atomic E-state index is -0.894. The molecule has 0 spiro atoms. The maximum absolute atomic E-state index is 13.4. The fourth-order valence-electron chi connectivity index (χ4n) is 1.88. The van der Waals surface area contributed by atoms with Gasteiger partial charge in [0.25, 0.3) is 5.91 Å². The quantitative estimate of drug-likeness (QED) is 0.884. The number of nitrogens with one attached hydrogen (secondary N) is 1. The number of hydrogen-bond donors (Lipinski definition) is 1. The Kier molecular flexibility index (Phi) is 5.32. The molecule has 1 N–H and O–H groups in total. The molecule has 0 fully saturated rings. The molecule has 118 valence electrons. The van der Waals surface area contributed by atoms with E-state index in [0.29, 0.717) is 6.07 Å². The standard InChI is InChI=1S/C18H16F2N2O/c1-22(2)15-8-5-13(6-9-15)4-3-11-21-18(23)16-10-7-14(19)12-17(16)20/h5-10,12H,11H2,1-2H3,(H,21,23). The van der Waals surface area contributed by atoms with E-state index in [0.717, 1.165) is 23.4 Å². The van der Waals surface area contributed by atoms with E-state index in [4.69, 9.17) is 0 Å². The fourth-order valence-corrected chi connectivity index (χ4v) is 1.88. The normalized spacial score (nSPS) is 9.74. The molecule has 0 aliphatic rings. The van der Waals surface area contributed by atoms with E-state index in [1.54, 1.807) is 0 Å². The van der Waals surface area contributed by atoms with Gasteiger partial charge in [-0.2, -0.15) is 0 Å². The molecular weight excluding hydrogens is 298 g/mol. The van der Waals surface area contributed by atoms with Crippen molar-refractivity contribution in [2.75, 3.05) is 25.5 Å². The van der Waals surface area contributed by atoms with Crippen molar-refractivity contribution < 1.29 is 13.6 Å². The van der Waals surface area contributed by atoms with Crippen molar-refractivity contribution in [3.63, 3.8) is 0 Å². The molecule has 0 bridgehead atoms. The zero-order chi connectivity index (χ0) is 16.8. The minimum absolute atomic E-state index is 0.0745. The van der Waals surface area contributed by atoms with Crippen LogP contribution in [-0.2, 0) is 0 Å².